The molecule has 1 aliphatic carbocycles. The van der Waals surface area contributed by atoms with Crippen LogP contribution >= 0.6 is 15.9 Å². The third kappa shape index (κ3) is 2.33. The lowest BCUT2D eigenvalue weighted by atomic mass is 9.71. The van der Waals surface area contributed by atoms with Gasteiger partial charge in [-0.15, -0.1) is 0 Å². The third-order valence-electron chi connectivity index (χ3n) is 3.19. The topological polar surface area (TPSA) is 22.1 Å². The standard InChI is InChI=1S/C12H16BrNO/c1-10-11(4-2-7-14-10)15-9-12(8-13)5-3-6-12/h2,4,7H,3,5-6,8-9H2,1H3. The number of rotatable bonds is 4. The molecule has 3 heteroatoms. The van der Waals surface area contributed by atoms with Crippen LogP contribution in [0.15, 0.2) is 18.3 Å². The molecular weight excluding hydrogens is 254 g/mol. The van der Waals surface area contributed by atoms with E-state index in [2.05, 4.69) is 20.9 Å². The molecule has 0 radical (unpaired) electrons. The molecule has 0 saturated heterocycles. The minimum atomic E-state index is 0.377. The van der Waals surface area contributed by atoms with Crippen molar-refractivity contribution in [3.05, 3.63) is 24.0 Å². The molecule has 82 valence electrons. The first-order valence-corrected chi connectivity index (χ1v) is 6.48. The molecule has 2 rings (SSSR count). The van der Waals surface area contributed by atoms with Crippen molar-refractivity contribution in [3.63, 3.8) is 0 Å². The van der Waals surface area contributed by atoms with Gasteiger partial charge in [0.25, 0.3) is 0 Å². The van der Waals surface area contributed by atoms with Gasteiger partial charge < -0.3 is 4.74 Å². The number of halogens is 1. The van der Waals surface area contributed by atoms with Crippen LogP contribution in [0.2, 0.25) is 0 Å². The second kappa shape index (κ2) is 4.52. The first kappa shape index (κ1) is 10.9. The van der Waals surface area contributed by atoms with Crippen LogP contribution in [-0.2, 0) is 0 Å². The molecule has 0 N–H and O–H groups in total. The van der Waals surface area contributed by atoms with E-state index in [4.69, 9.17) is 4.74 Å². The van der Waals surface area contributed by atoms with Crippen molar-refractivity contribution in [2.24, 2.45) is 5.41 Å². The largest absolute Gasteiger partial charge is 0.491 e. The van der Waals surface area contributed by atoms with E-state index in [-0.39, 0.29) is 0 Å². The summed E-state index contributed by atoms with van der Waals surface area (Å²) in [5.41, 5.74) is 1.35. The van der Waals surface area contributed by atoms with Crippen LogP contribution in [0.1, 0.15) is 25.0 Å². The number of aryl methyl sites for hydroxylation is 1. The normalized spacial score (nSPS) is 18.3. The summed E-state index contributed by atoms with van der Waals surface area (Å²) in [7, 11) is 0. The van der Waals surface area contributed by atoms with Gasteiger partial charge in [0.05, 0.1) is 12.3 Å². The molecule has 1 aromatic rings. The Morgan fingerprint density at radius 3 is 2.87 bits per heavy atom. The molecule has 0 aromatic carbocycles. The number of aromatic nitrogens is 1. The maximum absolute atomic E-state index is 5.84. The number of hydrogen-bond donors (Lipinski definition) is 0. The smallest absolute Gasteiger partial charge is 0.140 e. The van der Waals surface area contributed by atoms with Crippen LogP contribution in [0.5, 0.6) is 5.75 Å². The zero-order valence-corrected chi connectivity index (χ0v) is 10.6. The van der Waals surface area contributed by atoms with Crippen LogP contribution in [-0.4, -0.2) is 16.9 Å². The zero-order valence-electron chi connectivity index (χ0n) is 9.00. The second-order valence-electron chi connectivity index (χ2n) is 4.36. The Hall–Kier alpha value is -0.570. The third-order valence-corrected chi connectivity index (χ3v) is 4.38. The van der Waals surface area contributed by atoms with Gasteiger partial charge in [0.15, 0.2) is 0 Å². The van der Waals surface area contributed by atoms with Crippen molar-refractivity contribution in [2.45, 2.75) is 26.2 Å². The van der Waals surface area contributed by atoms with Gasteiger partial charge in [0.2, 0.25) is 0 Å². The van der Waals surface area contributed by atoms with Gasteiger partial charge in [0, 0.05) is 16.9 Å². The molecule has 1 heterocycles. The fraction of sp³-hybridized carbons (Fsp3) is 0.583. The molecule has 1 saturated carbocycles. The molecule has 1 aliphatic rings. The van der Waals surface area contributed by atoms with Gasteiger partial charge in [-0.2, -0.15) is 0 Å². The number of pyridine rings is 1. The predicted molar refractivity (Wildman–Crippen MR) is 64.5 cm³/mol. The van der Waals surface area contributed by atoms with E-state index in [9.17, 15) is 0 Å². The minimum Gasteiger partial charge on any atom is -0.491 e. The summed E-state index contributed by atoms with van der Waals surface area (Å²) < 4.78 is 5.84. The van der Waals surface area contributed by atoms with Crippen LogP contribution in [0.3, 0.4) is 0 Å². The highest BCUT2D eigenvalue weighted by Gasteiger charge is 2.36. The van der Waals surface area contributed by atoms with Crippen LogP contribution in [0.4, 0.5) is 0 Å². The summed E-state index contributed by atoms with van der Waals surface area (Å²) in [6.45, 7) is 2.79. The monoisotopic (exact) mass is 269 g/mol. The molecule has 0 atom stereocenters. The molecule has 0 bridgehead atoms. The SMILES string of the molecule is Cc1ncccc1OCC1(CBr)CCC1. The van der Waals surface area contributed by atoms with Gasteiger partial charge in [-0.05, 0) is 31.9 Å². The van der Waals surface area contributed by atoms with E-state index in [1.54, 1.807) is 6.20 Å². The van der Waals surface area contributed by atoms with Crippen LogP contribution in [0, 0.1) is 12.3 Å². The van der Waals surface area contributed by atoms with Gasteiger partial charge in [0.1, 0.15) is 5.75 Å². The Balaban J connectivity index is 1.95. The van der Waals surface area contributed by atoms with E-state index in [0.29, 0.717) is 5.41 Å². The molecule has 0 spiro atoms. The molecule has 2 nitrogen and oxygen atoms in total. The Morgan fingerprint density at radius 2 is 2.33 bits per heavy atom. The lowest BCUT2D eigenvalue weighted by Crippen LogP contribution is -2.37. The van der Waals surface area contributed by atoms with Crippen molar-refractivity contribution >= 4 is 15.9 Å². The Bertz CT molecular complexity index is 331. The van der Waals surface area contributed by atoms with E-state index in [0.717, 1.165) is 23.4 Å². The van der Waals surface area contributed by atoms with Gasteiger partial charge in [-0.25, -0.2) is 0 Å². The van der Waals surface area contributed by atoms with Gasteiger partial charge in [-0.3, -0.25) is 4.98 Å². The fourth-order valence-electron chi connectivity index (χ4n) is 1.85. The molecule has 0 unspecified atom stereocenters. The quantitative estimate of drug-likeness (QED) is 0.783. The number of alkyl halides is 1. The van der Waals surface area contributed by atoms with Crippen LogP contribution < -0.4 is 4.74 Å². The average Bonchev–Trinajstić information content (AvgIpc) is 2.19. The minimum absolute atomic E-state index is 0.377. The summed E-state index contributed by atoms with van der Waals surface area (Å²) >= 11 is 3.58. The van der Waals surface area contributed by atoms with E-state index >= 15 is 0 Å². The first-order valence-electron chi connectivity index (χ1n) is 5.36. The van der Waals surface area contributed by atoms with E-state index in [1.807, 2.05) is 19.1 Å². The summed E-state index contributed by atoms with van der Waals surface area (Å²) in [6.07, 6.45) is 5.68. The maximum atomic E-state index is 5.84. The highest BCUT2D eigenvalue weighted by Crippen LogP contribution is 2.42. The molecular formula is C12H16BrNO. The molecule has 0 amide bonds. The van der Waals surface area contributed by atoms with E-state index < -0.39 is 0 Å². The number of ether oxygens (including phenoxy) is 1. The van der Waals surface area contributed by atoms with Crippen molar-refractivity contribution in [3.8, 4) is 5.75 Å². The lowest BCUT2D eigenvalue weighted by Gasteiger charge is -2.40. The average molecular weight is 270 g/mol. The van der Waals surface area contributed by atoms with Crippen molar-refractivity contribution in [1.29, 1.82) is 0 Å². The molecule has 1 aromatic heterocycles. The lowest BCUT2D eigenvalue weighted by molar-refractivity contribution is 0.0831. The first-order chi connectivity index (χ1) is 7.26. The van der Waals surface area contributed by atoms with Crippen LogP contribution in [0.25, 0.3) is 0 Å². The van der Waals surface area contributed by atoms with Crippen molar-refractivity contribution in [2.75, 3.05) is 11.9 Å². The Kier molecular flexibility index (Phi) is 3.29. The van der Waals surface area contributed by atoms with Crippen molar-refractivity contribution in [1.82, 2.24) is 4.98 Å². The zero-order chi connectivity index (χ0) is 10.7. The number of nitrogens with zero attached hydrogens (tertiary/aromatic N) is 1. The van der Waals surface area contributed by atoms with Crippen molar-refractivity contribution < 1.29 is 4.74 Å². The Labute approximate surface area is 99.2 Å². The maximum Gasteiger partial charge on any atom is 0.140 e. The summed E-state index contributed by atoms with van der Waals surface area (Å²) in [4.78, 5) is 4.21. The predicted octanol–water partition coefficient (Wildman–Crippen LogP) is 3.33. The summed E-state index contributed by atoms with van der Waals surface area (Å²) in [5, 5.41) is 1.04. The second-order valence-corrected chi connectivity index (χ2v) is 4.92. The molecule has 0 aliphatic heterocycles. The van der Waals surface area contributed by atoms with Gasteiger partial charge in [-0.1, -0.05) is 22.4 Å². The highest BCUT2D eigenvalue weighted by atomic mass is 79.9. The summed E-state index contributed by atoms with van der Waals surface area (Å²) in [6, 6.07) is 3.91. The molecule has 1 fully saturated rings. The highest BCUT2D eigenvalue weighted by molar-refractivity contribution is 9.09. The van der Waals surface area contributed by atoms with Gasteiger partial charge >= 0.3 is 0 Å². The summed E-state index contributed by atoms with van der Waals surface area (Å²) in [5.74, 6) is 0.921. The number of hydrogen-bond acceptors (Lipinski definition) is 2. The van der Waals surface area contributed by atoms with E-state index in [1.165, 1.54) is 19.3 Å². The fourth-order valence-corrected chi connectivity index (χ4v) is 2.57. The molecule has 15 heavy (non-hydrogen) atoms. The Morgan fingerprint density at radius 1 is 1.53 bits per heavy atom.